The molecule has 1 aromatic carbocycles. The van der Waals surface area contributed by atoms with E-state index < -0.39 is 0 Å². The van der Waals surface area contributed by atoms with Gasteiger partial charge in [-0.1, -0.05) is 46.2 Å². The fourth-order valence-corrected chi connectivity index (χ4v) is 2.25. The van der Waals surface area contributed by atoms with Gasteiger partial charge in [-0.15, -0.1) is 0 Å². The average Bonchev–Trinajstić information content (AvgIpc) is 3.54. The smallest absolute Gasteiger partial charge is 0.115 e. The number of benzene rings is 1. The van der Waals surface area contributed by atoms with Crippen LogP contribution in [0.25, 0.3) is 0 Å². The fourth-order valence-electron chi connectivity index (χ4n) is 2.25. The Balaban J connectivity index is 0.000000156. The maximum Gasteiger partial charge on any atom is 0.115 e. The molecule has 0 saturated carbocycles. The predicted octanol–water partition coefficient (Wildman–Crippen LogP) is 3.69. The molecule has 1 N–H and O–H groups in total. The first-order chi connectivity index (χ1) is 13.9. The molecule has 6 heteroatoms. The summed E-state index contributed by atoms with van der Waals surface area (Å²) < 4.78 is 25.4. The van der Waals surface area contributed by atoms with Gasteiger partial charge in [-0.3, -0.25) is 0 Å². The standard InChI is InChI=1S/C10H14O.C7H14O2.C6H10O3/c1-10(2,3)8-4-6-9(11)7-5-8;1-2-3-4-8-5-7-6-9-7;1(5-3-8-5)7-2-6-4-9-6/h4-7,11H,1-3H3;7H,2-6H2,1H3;5-6H,1-4H2. The van der Waals surface area contributed by atoms with Crippen LogP contribution < -0.4 is 0 Å². The van der Waals surface area contributed by atoms with E-state index in [9.17, 15) is 0 Å². The number of hydrogen-bond donors (Lipinski definition) is 1. The van der Waals surface area contributed by atoms with Gasteiger partial charge in [0.2, 0.25) is 0 Å². The van der Waals surface area contributed by atoms with Gasteiger partial charge >= 0.3 is 0 Å². The zero-order valence-electron chi connectivity index (χ0n) is 18.4. The quantitative estimate of drug-likeness (QED) is 0.494. The number of epoxide rings is 3. The van der Waals surface area contributed by atoms with E-state index in [0.717, 1.165) is 46.2 Å². The highest BCUT2D eigenvalue weighted by atomic mass is 16.6. The van der Waals surface area contributed by atoms with Gasteiger partial charge in [0.25, 0.3) is 0 Å². The lowest BCUT2D eigenvalue weighted by atomic mass is 9.87. The predicted molar refractivity (Wildman–Crippen MR) is 113 cm³/mol. The highest BCUT2D eigenvalue weighted by Gasteiger charge is 2.26. The third-order valence-electron chi connectivity index (χ3n) is 4.49. The number of rotatable bonds is 9. The van der Waals surface area contributed by atoms with E-state index in [1.807, 2.05) is 12.1 Å². The van der Waals surface area contributed by atoms with E-state index in [0.29, 0.717) is 24.1 Å². The van der Waals surface area contributed by atoms with Gasteiger partial charge in [0.15, 0.2) is 0 Å². The van der Waals surface area contributed by atoms with E-state index in [2.05, 4.69) is 27.7 Å². The first-order valence-electron chi connectivity index (χ1n) is 10.7. The summed E-state index contributed by atoms with van der Waals surface area (Å²) in [6.45, 7) is 14.5. The highest BCUT2D eigenvalue weighted by molar-refractivity contribution is 5.29. The lowest BCUT2D eigenvalue weighted by Gasteiger charge is -2.18. The number of phenols is 1. The number of ether oxygens (including phenoxy) is 5. The summed E-state index contributed by atoms with van der Waals surface area (Å²) >= 11 is 0. The summed E-state index contributed by atoms with van der Waals surface area (Å²) in [5.74, 6) is 0.331. The summed E-state index contributed by atoms with van der Waals surface area (Å²) in [6.07, 6.45) is 3.60. The number of phenolic OH excluding ortho intramolecular Hbond substituents is 1. The van der Waals surface area contributed by atoms with Crippen molar-refractivity contribution >= 4 is 0 Å². The van der Waals surface area contributed by atoms with Gasteiger partial charge in [0.1, 0.15) is 24.1 Å². The molecule has 0 aromatic heterocycles. The molecule has 0 radical (unpaired) electrons. The van der Waals surface area contributed by atoms with Crippen molar-refractivity contribution in [3.8, 4) is 5.75 Å². The Bertz CT molecular complexity index is 529. The minimum Gasteiger partial charge on any atom is -0.508 e. The van der Waals surface area contributed by atoms with E-state index in [1.165, 1.54) is 18.4 Å². The van der Waals surface area contributed by atoms with Crippen molar-refractivity contribution in [3.05, 3.63) is 29.8 Å². The van der Waals surface area contributed by atoms with Gasteiger partial charge in [-0.2, -0.15) is 0 Å². The van der Waals surface area contributed by atoms with Crippen molar-refractivity contribution < 1.29 is 28.8 Å². The molecule has 0 aliphatic carbocycles. The zero-order chi connectivity index (χ0) is 21.1. The third-order valence-corrected chi connectivity index (χ3v) is 4.49. The molecule has 6 nitrogen and oxygen atoms in total. The number of unbranched alkanes of at least 4 members (excludes halogenated alkanes) is 1. The maximum atomic E-state index is 9.02. The van der Waals surface area contributed by atoms with Crippen molar-refractivity contribution in [2.24, 2.45) is 0 Å². The lowest BCUT2D eigenvalue weighted by Crippen LogP contribution is -2.10. The topological polar surface area (TPSA) is 76.3 Å². The minimum absolute atomic E-state index is 0.174. The van der Waals surface area contributed by atoms with Crippen LogP contribution in [0.5, 0.6) is 5.75 Å². The van der Waals surface area contributed by atoms with Crippen LogP contribution in [0.4, 0.5) is 0 Å². The molecule has 0 bridgehead atoms. The molecule has 3 unspecified atom stereocenters. The largest absolute Gasteiger partial charge is 0.508 e. The van der Waals surface area contributed by atoms with Crippen molar-refractivity contribution in [3.63, 3.8) is 0 Å². The molecule has 3 saturated heterocycles. The summed E-state index contributed by atoms with van der Waals surface area (Å²) in [4.78, 5) is 0. The fraction of sp³-hybridized carbons (Fsp3) is 0.739. The SMILES string of the molecule is C(OCC1CO1)C1CO1.CC(C)(C)c1ccc(O)cc1.CCCCOCC1CO1. The van der Waals surface area contributed by atoms with Crippen molar-refractivity contribution in [1.29, 1.82) is 0 Å². The van der Waals surface area contributed by atoms with Crippen molar-refractivity contribution in [1.82, 2.24) is 0 Å². The molecule has 3 fully saturated rings. The Labute approximate surface area is 175 Å². The van der Waals surface area contributed by atoms with Crippen LogP contribution in [0.3, 0.4) is 0 Å². The molecular formula is C23H38O6. The molecule has 29 heavy (non-hydrogen) atoms. The first kappa shape index (κ1) is 24.1. The van der Waals surface area contributed by atoms with Gasteiger partial charge < -0.3 is 28.8 Å². The van der Waals surface area contributed by atoms with Crippen LogP contribution >= 0.6 is 0 Å². The van der Waals surface area contributed by atoms with E-state index in [-0.39, 0.29) is 5.41 Å². The highest BCUT2D eigenvalue weighted by Crippen LogP contribution is 2.23. The lowest BCUT2D eigenvalue weighted by molar-refractivity contribution is 0.102. The van der Waals surface area contributed by atoms with E-state index in [1.54, 1.807) is 12.1 Å². The summed E-state index contributed by atoms with van der Waals surface area (Å²) in [5, 5.41) is 9.02. The maximum absolute atomic E-state index is 9.02. The second-order valence-electron chi connectivity index (χ2n) is 8.63. The van der Waals surface area contributed by atoms with Crippen LogP contribution in [0.2, 0.25) is 0 Å². The minimum atomic E-state index is 0.174. The van der Waals surface area contributed by atoms with Crippen LogP contribution in [-0.4, -0.2) is 69.7 Å². The summed E-state index contributed by atoms with van der Waals surface area (Å²) in [6, 6.07) is 7.35. The molecular weight excluding hydrogens is 372 g/mol. The van der Waals surface area contributed by atoms with Crippen molar-refractivity contribution in [2.75, 3.05) is 46.2 Å². The molecule has 3 atom stereocenters. The Morgan fingerprint density at radius 3 is 1.69 bits per heavy atom. The Kier molecular flexibility index (Phi) is 10.4. The average molecular weight is 411 g/mol. The van der Waals surface area contributed by atoms with Crippen LogP contribution in [-0.2, 0) is 29.1 Å². The number of aromatic hydroxyl groups is 1. The number of hydrogen-bond acceptors (Lipinski definition) is 6. The molecule has 3 aliphatic heterocycles. The van der Waals surface area contributed by atoms with Gasteiger partial charge in [-0.05, 0) is 29.5 Å². The van der Waals surface area contributed by atoms with Crippen LogP contribution in [0.15, 0.2) is 24.3 Å². The van der Waals surface area contributed by atoms with Gasteiger partial charge in [-0.25, -0.2) is 0 Å². The Hall–Kier alpha value is -1.18. The third kappa shape index (κ3) is 12.9. The van der Waals surface area contributed by atoms with Crippen LogP contribution in [0.1, 0.15) is 46.1 Å². The molecule has 3 heterocycles. The zero-order valence-corrected chi connectivity index (χ0v) is 18.4. The van der Waals surface area contributed by atoms with Gasteiger partial charge in [0.05, 0.1) is 39.6 Å². The summed E-state index contributed by atoms with van der Waals surface area (Å²) in [7, 11) is 0. The molecule has 166 valence electrons. The van der Waals surface area contributed by atoms with E-state index >= 15 is 0 Å². The van der Waals surface area contributed by atoms with Gasteiger partial charge in [0, 0.05) is 6.61 Å². The molecule has 0 amide bonds. The first-order valence-corrected chi connectivity index (χ1v) is 10.7. The van der Waals surface area contributed by atoms with Crippen molar-refractivity contribution in [2.45, 2.75) is 64.3 Å². The molecule has 0 spiro atoms. The summed E-state index contributed by atoms with van der Waals surface area (Å²) in [5.41, 5.74) is 1.42. The normalized spacial score (nSPS) is 23.9. The monoisotopic (exact) mass is 410 g/mol. The molecule has 3 aliphatic rings. The second kappa shape index (κ2) is 12.5. The van der Waals surface area contributed by atoms with Crippen LogP contribution in [0, 0.1) is 0 Å². The molecule has 4 rings (SSSR count). The second-order valence-corrected chi connectivity index (χ2v) is 8.63. The Morgan fingerprint density at radius 1 is 0.862 bits per heavy atom. The van der Waals surface area contributed by atoms with E-state index in [4.69, 9.17) is 28.8 Å². The molecule has 1 aromatic rings. The Morgan fingerprint density at radius 2 is 1.31 bits per heavy atom.